The van der Waals surface area contributed by atoms with E-state index in [9.17, 15) is 9.59 Å². The van der Waals surface area contributed by atoms with Crippen LogP contribution >= 0.6 is 0 Å². The third kappa shape index (κ3) is 10.3. The topological polar surface area (TPSA) is 65.1 Å². The van der Waals surface area contributed by atoms with Crippen molar-refractivity contribution >= 4 is 11.9 Å². The lowest BCUT2D eigenvalue weighted by Crippen LogP contribution is -2.66. The van der Waals surface area contributed by atoms with Crippen LogP contribution in [-0.4, -0.2) is 98.1 Å². The molecule has 1 aliphatic heterocycles. The number of rotatable bonds is 18. The molecule has 0 unspecified atom stereocenters. The second-order valence-electron chi connectivity index (χ2n) is 24.4. The lowest BCUT2D eigenvalue weighted by Gasteiger charge is -2.71. The van der Waals surface area contributed by atoms with E-state index in [0.29, 0.717) is 35.5 Å². The maximum absolute atomic E-state index is 14.9. The van der Waals surface area contributed by atoms with Crippen molar-refractivity contribution in [2.75, 3.05) is 65.4 Å². The number of esters is 1. The maximum atomic E-state index is 14.9. The average molecular weight is 917 g/mol. The molecule has 1 heterocycles. The molecule has 2 aromatic carbocycles. The molecule has 5 aliphatic carbocycles. The van der Waals surface area contributed by atoms with Crippen molar-refractivity contribution in [2.45, 2.75) is 158 Å². The first-order valence-corrected chi connectivity index (χ1v) is 27.5. The van der Waals surface area contributed by atoms with Crippen molar-refractivity contribution in [3.63, 3.8) is 0 Å². The van der Waals surface area contributed by atoms with Crippen LogP contribution < -0.4 is 5.32 Å². The molecule has 0 spiro atoms. The Bertz CT molecular complexity index is 1930. The van der Waals surface area contributed by atoms with Crippen LogP contribution in [0.1, 0.15) is 150 Å². The fourth-order valence-electron chi connectivity index (χ4n) is 16.3. The van der Waals surface area contributed by atoms with Gasteiger partial charge in [-0.15, -0.1) is 0 Å². The highest BCUT2D eigenvalue weighted by atomic mass is 16.5. The zero-order chi connectivity index (χ0) is 47.5. The van der Waals surface area contributed by atoms with Crippen LogP contribution in [0.3, 0.4) is 0 Å². The van der Waals surface area contributed by atoms with Gasteiger partial charge in [0.1, 0.15) is 6.10 Å². The molecule has 10 atom stereocenters. The van der Waals surface area contributed by atoms with E-state index in [2.05, 4.69) is 135 Å². The van der Waals surface area contributed by atoms with Gasteiger partial charge in [0.05, 0.1) is 5.41 Å². The van der Waals surface area contributed by atoms with Gasteiger partial charge in [-0.25, -0.2) is 0 Å². The number of nitrogens with one attached hydrogen (secondary N) is 1. The Hall–Kier alpha value is -3.00. The summed E-state index contributed by atoms with van der Waals surface area (Å²) in [6.45, 7) is 30.3. The number of aryl methyl sites for hydroxylation is 2. The number of ether oxygens (including phenoxy) is 1. The predicted molar refractivity (Wildman–Crippen MR) is 276 cm³/mol. The highest BCUT2D eigenvalue weighted by Crippen LogP contribution is 2.76. The van der Waals surface area contributed by atoms with Crippen molar-refractivity contribution < 1.29 is 14.3 Å². The normalized spacial score (nSPS) is 35.1. The largest absolute Gasteiger partial charge is 0.462 e. The highest BCUT2D eigenvalue weighted by molar-refractivity contribution is 5.84. The summed E-state index contributed by atoms with van der Waals surface area (Å²) < 4.78 is 6.01. The molecule has 1 saturated heterocycles. The van der Waals surface area contributed by atoms with E-state index in [0.717, 1.165) is 103 Å². The zero-order valence-electron chi connectivity index (χ0n) is 43.6. The quantitative estimate of drug-likeness (QED) is 0.0913. The molecular formula is C60H92N4O3. The molecule has 0 aromatic heterocycles. The molecule has 7 heteroatoms. The van der Waals surface area contributed by atoms with Gasteiger partial charge < -0.3 is 24.8 Å². The van der Waals surface area contributed by atoms with Gasteiger partial charge in [-0.3, -0.25) is 9.59 Å². The fraction of sp³-hybridized carbons (Fsp3) is 0.733. The highest BCUT2D eigenvalue weighted by Gasteiger charge is 2.69. The first kappa shape index (κ1) is 50.4. The van der Waals surface area contributed by atoms with Crippen LogP contribution in [0.4, 0.5) is 0 Å². The monoisotopic (exact) mass is 917 g/mol. The molecule has 8 rings (SSSR count). The molecule has 370 valence electrons. The van der Waals surface area contributed by atoms with Gasteiger partial charge in [0, 0.05) is 45.1 Å². The molecule has 2 aromatic rings. The smallest absolute Gasteiger partial charge is 0.302 e. The number of fused-ring (bicyclic) bond motifs is 7. The number of nitrogens with zero attached hydrogens (tertiary/aromatic N) is 3. The molecule has 1 N–H and O–H groups in total. The van der Waals surface area contributed by atoms with Crippen molar-refractivity contribution in [1.29, 1.82) is 0 Å². The molecule has 5 fully saturated rings. The minimum atomic E-state index is -0.295. The number of amides is 1. The van der Waals surface area contributed by atoms with Crippen LogP contribution in [-0.2, 0) is 27.2 Å². The fourth-order valence-corrected chi connectivity index (χ4v) is 16.3. The summed E-state index contributed by atoms with van der Waals surface area (Å²) in [4.78, 5) is 35.1. The number of piperazine rings is 1. The first-order chi connectivity index (χ1) is 32.1. The molecule has 67 heavy (non-hydrogen) atoms. The van der Waals surface area contributed by atoms with E-state index in [-0.39, 0.29) is 39.1 Å². The third-order valence-corrected chi connectivity index (χ3v) is 20.6. The maximum Gasteiger partial charge on any atom is 0.302 e. The Balaban J connectivity index is 0.818. The van der Waals surface area contributed by atoms with Gasteiger partial charge in [-0.1, -0.05) is 121 Å². The van der Waals surface area contributed by atoms with Gasteiger partial charge in [0.25, 0.3) is 0 Å². The Kier molecular flexibility index (Phi) is 15.9. The first-order valence-electron chi connectivity index (χ1n) is 27.5. The summed E-state index contributed by atoms with van der Waals surface area (Å²) >= 11 is 0. The van der Waals surface area contributed by atoms with Crippen LogP contribution in [0.15, 0.2) is 72.3 Å². The molecule has 6 aliphatic rings. The average Bonchev–Trinajstić information content (AvgIpc) is 3.31. The summed E-state index contributed by atoms with van der Waals surface area (Å²) in [6, 6.07) is 22.0. The Morgan fingerprint density at radius 3 is 1.91 bits per heavy atom. The molecule has 0 radical (unpaired) electrons. The summed E-state index contributed by atoms with van der Waals surface area (Å²) in [5, 5.41) is 3.61. The van der Waals surface area contributed by atoms with Crippen molar-refractivity contribution in [3.8, 4) is 0 Å². The van der Waals surface area contributed by atoms with E-state index in [1.54, 1.807) is 12.5 Å². The zero-order valence-corrected chi connectivity index (χ0v) is 43.6. The van der Waals surface area contributed by atoms with E-state index in [4.69, 9.17) is 4.74 Å². The second kappa shape index (κ2) is 21.2. The second-order valence-corrected chi connectivity index (χ2v) is 24.4. The van der Waals surface area contributed by atoms with Crippen LogP contribution in [0.25, 0.3) is 0 Å². The molecule has 1 amide bonds. The molecule has 7 nitrogen and oxygen atoms in total. The standard InChI is InChI=1S/C60H92N4O3/c1-45-27-32-60(34-33-58(7)50(54(60)46(45)2)25-26-52-57(6)30-29-53(67-47(3)65)56(4,5)51(57)28-31-59(52,58)8)55(66)61-35-17-38-63-41-43-64(44-42-63)40-18-39-62(36-15-23-48-19-11-9-12-20-48)37-16-24-49-21-13-10-14-22-49/h9-14,19-22,25,45-46,51-54H,15-18,23-24,26-44H2,1-8H3,(H,61,66)/t45-,46+,51+,52-,53+,54+,57+,58-,59-,60+/m1/s1. The van der Waals surface area contributed by atoms with E-state index in [1.165, 1.54) is 69.4 Å². The minimum Gasteiger partial charge on any atom is -0.462 e. The number of hydrogen-bond donors (Lipinski definition) is 1. The molecule has 0 bridgehead atoms. The van der Waals surface area contributed by atoms with E-state index >= 15 is 0 Å². The van der Waals surface area contributed by atoms with Crippen LogP contribution in [0.5, 0.6) is 0 Å². The van der Waals surface area contributed by atoms with Crippen LogP contribution in [0, 0.1) is 56.7 Å². The SMILES string of the molecule is CC(=O)O[C@H]1CC[C@]2(C)[C@H]3CC=C4[C@@H]5[C@@H](C)[C@H](C)CC[C@]5(C(=O)NCCCN5CCN(CCCN(CCCc6ccccc6)CCCc6ccccc6)CC5)CC[C@@]4(C)[C@]3(C)CC[C@H]2C1(C)C. The molecular weight excluding hydrogens is 825 g/mol. The number of hydrogen-bond acceptors (Lipinski definition) is 6. The summed E-state index contributed by atoms with van der Waals surface area (Å²) in [5.74, 6) is 2.77. The predicted octanol–water partition coefficient (Wildman–Crippen LogP) is 11.7. The Morgan fingerprint density at radius 1 is 0.701 bits per heavy atom. The lowest BCUT2D eigenvalue weighted by atomic mass is 9.33. The van der Waals surface area contributed by atoms with Crippen LogP contribution in [0.2, 0.25) is 0 Å². The minimum absolute atomic E-state index is 0.000411. The number of allylic oxidation sites excluding steroid dienone is 2. The van der Waals surface area contributed by atoms with Gasteiger partial charge in [0.2, 0.25) is 5.91 Å². The van der Waals surface area contributed by atoms with Gasteiger partial charge in [-0.2, -0.15) is 0 Å². The Labute approximate surface area is 408 Å². The third-order valence-electron chi connectivity index (χ3n) is 20.6. The van der Waals surface area contributed by atoms with Crippen molar-refractivity contribution in [3.05, 3.63) is 83.4 Å². The summed E-state index contributed by atoms with van der Waals surface area (Å²) in [7, 11) is 0. The van der Waals surface area contributed by atoms with E-state index < -0.39 is 0 Å². The summed E-state index contributed by atoms with van der Waals surface area (Å²) in [6.07, 6.45) is 19.6. The van der Waals surface area contributed by atoms with Crippen molar-refractivity contribution in [2.24, 2.45) is 56.7 Å². The number of carbonyl (C=O) groups excluding carboxylic acids is 2. The van der Waals surface area contributed by atoms with Crippen molar-refractivity contribution in [1.82, 2.24) is 20.0 Å². The number of benzene rings is 2. The number of carbonyl (C=O) groups is 2. The summed E-state index contributed by atoms with van der Waals surface area (Å²) in [5.41, 5.74) is 4.70. The van der Waals surface area contributed by atoms with E-state index in [1.807, 2.05) is 0 Å². The Morgan fingerprint density at radius 2 is 1.30 bits per heavy atom. The van der Waals surface area contributed by atoms with Gasteiger partial charge in [-0.05, 0) is 186 Å². The van der Waals surface area contributed by atoms with Gasteiger partial charge >= 0.3 is 5.97 Å². The van der Waals surface area contributed by atoms with Gasteiger partial charge in [0.15, 0.2) is 0 Å². The molecule has 4 saturated carbocycles. The lowest BCUT2D eigenvalue weighted by molar-refractivity contribution is -0.212.